The molecular weight excluding hydrogens is 213 g/mol. The van der Waals surface area contributed by atoms with Crippen molar-refractivity contribution in [2.45, 2.75) is 51.0 Å². The molecule has 2 N–H and O–H groups in total. The molecule has 1 unspecified atom stereocenters. The fraction of sp³-hybridized carbons (Fsp3) is 0.600. The maximum atomic E-state index is 13.5. The Kier molecular flexibility index (Phi) is 4.55. The van der Waals surface area contributed by atoms with Crippen LogP contribution in [-0.4, -0.2) is 6.04 Å². The highest BCUT2D eigenvalue weighted by molar-refractivity contribution is 5.18. The van der Waals surface area contributed by atoms with Crippen LogP contribution in [0.25, 0.3) is 0 Å². The van der Waals surface area contributed by atoms with E-state index < -0.39 is 0 Å². The monoisotopic (exact) mass is 235 g/mol. The summed E-state index contributed by atoms with van der Waals surface area (Å²) in [7, 11) is 0. The molecule has 0 heterocycles. The standard InChI is InChI=1S/C15H22FN/c16-14-10-6-5-9-13(14)11-15(17)12-7-3-1-2-4-8-12/h5-6,9-10,12,15H,1-4,7-8,11,17H2. The minimum Gasteiger partial charge on any atom is -0.327 e. The van der Waals surface area contributed by atoms with Gasteiger partial charge in [-0.2, -0.15) is 0 Å². The molecule has 0 bridgehead atoms. The lowest BCUT2D eigenvalue weighted by molar-refractivity contribution is 0.369. The predicted molar refractivity (Wildman–Crippen MR) is 69.3 cm³/mol. The van der Waals surface area contributed by atoms with E-state index in [-0.39, 0.29) is 11.9 Å². The van der Waals surface area contributed by atoms with Gasteiger partial charge in [0.1, 0.15) is 5.82 Å². The van der Waals surface area contributed by atoms with E-state index in [1.54, 1.807) is 6.07 Å². The average molecular weight is 235 g/mol. The zero-order valence-electron chi connectivity index (χ0n) is 10.4. The normalized spacial score (nSPS) is 19.9. The van der Waals surface area contributed by atoms with E-state index in [0.29, 0.717) is 12.3 Å². The largest absolute Gasteiger partial charge is 0.327 e. The SMILES string of the molecule is NC(Cc1ccccc1F)C1CCCCCC1. The summed E-state index contributed by atoms with van der Waals surface area (Å²) in [4.78, 5) is 0. The molecule has 1 fully saturated rings. The van der Waals surface area contributed by atoms with Crippen LogP contribution in [0.5, 0.6) is 0 Å². The Hall–Kier alpha value is -0.890. The minimum absolute atomic E-state index is 0.114. The number of hydrogen-bond acceptors (Lipinski definition) is 1. The van der Waals surface area contributed by atoms with Crippen molar-refractivity contribution in [1.82, 2.24) is 0 Å². The summed E-state index contributed by atoms with van der Waals surface area (Å²) in [5, 5.41) is 0. The molecule has 1 aliphatic rings. The molecule has 0 spiro atoms. The van der Waals surface area contributed by atoms with Crippen molar-refractivity contribution in [3.8, 4) is 0 Å². The van der Waals surface area contributed by atoms with Gasteiger partial charge in [-0.15, -0.1) is 0 Å². The van der Waals surface area contributed by atoms with Gasteiger partial charge in [0.15, 0.2) is 0 Å². The van der Waals surface area contributed by atoms with Crippen LogP contribution in [-0.2, 0) is 6.42 Å². The molecule has 1 aromatic carbocycles. The third-order valence-corrected chi connectivity index (χ3v) is 3.92. The van der Waals surface area contributed by atoms with Crippen LogP contribution in [0, 0.1) is 11.7 Å². The van der Waals surface area contributed by atoms with Crippen molar-refractivity contribution in [3.05, 3.63) is 35.6 Å². The van der Waals surface area contributed by atoms with Gasteiger partial charge >= 0.3 is 0 Å². The van der Waals surface area contributed by atoms with Crippen LogP contribution < -0.4 is 5.73 Å². The van der Waals surface area contributed by atoms with Crippen LogP contribution in [0.2, 0.25) is 0 Å². The Morgan fingerprint density at radius 3 is 2.41 bits per heavy atom. The average Bonchev–Trinajstić information content (AvgIpc) is 2.61. The van der Waals surface area contributed by atoms with E-state index in [1.807, 2.05) is 12.1 Å². The first-order chi connectivity index (χ1) is 8.27. The number of benzene rings is 1. The van der Waals surface area contributed by atoms with E-state index in [2.05, 4.69) is 0 Å². The number of hydrogen-bond donors (Lipinski definition) is 1. The molecule has 1 nitrogen and oxygen atoms in total. The third-order valence-electron chi connectivity index (χ3n) is 3.92. The molecule has 0 aromatic heterocycles. The lowest BCUT2D eigenvalue weighted by Gasteiger charge is -2.22. The van der Waals surface area contributed by atoms with Crippen LogP contribution in [0.3, 0.4) is 0 Å². The highest BCUT2D eigenvalue weighted by atomic mass is 19.1. The quantitative estimate of drug-likeness (QED) is 0.795. The second-order valence-electron chi connectivity index (χ2n) is 5.21. The second-order valence-corrected chi connectivity index (χ2v) is 5.21. The van der Waals surface area contributed by atoms with Crippen LogP contribution in [0.15, 0.2) is 24.3 Å². The Morgan fingerprint density at radius 2 is 1.76 bits per heavy atom. The molecule has 17 heavy (non-hydrogen) atoms. The first kappa shape index (κ1) is 12.6. The molecule has 1 aliphatic carbocycles. The second kappa shape index (κ2) is 6.15. The van der Waals surface area contributed by atoms with Crippen LogP contribution in [0.1, 0.15) is 44.1 Å². The Bertz CT molecular complexity index is 343. The van der Waals surface area contributed by atoms with Crippen LogP contribution >= 0.6 is 0 Å². The number of nitrogens with two attached hydrogens (primary N) is 1. The lowest BCUT2D eigenvalue weighted by atomic mass is 9.88. The molecule has 1 atom stereocenters. The van der Waals surface area contributed by atoms with Gasteiger partial charge in [0.25, 0.3) is 0 Å². The summed E-state index contributed by atoms with van der Waals surface area (Å²) in [5.41, 5.74) is 7.02. The summed E-state index contributed by atoms with van der Waals surface area (Å²) in [6.45, 7) is 0. The molecule has 2 heteroatoms. The van der Waals surface area contributed by atoms with Crippen molar-refractivity contribution in [1.29, 1.82) is 0 Å². The van der Waals surface area contributed by atoms with Gasteiger partial charge < -0.3 is 5.73 Å². The predicted octanol–water partition coefficient (Wildman–Crippen LogP) is 3.67. The fourth-order valence-electron chi connectivity index (χ4n) is 2.82. The molecular formula is C15H22FN. The minimum atomic E-state index is -0.114. The maximum absolute atomic E-state index is 13.5. The zero-order chi connectivity index (χ0) is 12.1. The maximum Gasteiger partial charge on any atom is 0.126 e. The van der Waals surface area contributed by atoms with Crippen molar-refractivity contribution in [2.24, 2.45) is 11.7 Å². The smallest absolute Gasteiger partial charge is 0.126 e. The summed E-state index contributed by atoms with van der Waals surface area (Å²) in [6.07, 6.45) is 8.36. The van der Waals surface area contributed by atoms with E-state index in [0.717, 1.165) is 5.56 Å². The van der Waals surface area contributed by atoms with Crippen molar-refractivity contribution < 1.29 is 4.39 Å². The van der Waals surface area contributed by atoms with Gasteiger partial charge in [-0.25, -0.2) is 4.39 Å². The first-order valence-corrected chi connectivity index (χ1v) is 6.76. The molecule has 2 rings (SSSR count). The molecule has 0 radical (unpaired) electrons. The van der Waals surface area contributed by atoms with E-state index in [4.69, 9.17) is 5.73 Å². The number of halogens is 1. The summed E-state index contributed by atoms with van der Waals surface area (Å²) >= 11 is 0. The zero-order valence-corrected chi connectivity index (χ0v) is 10.4. The van der Waals surface area contributed by atoms with Gasteiger partial charge in [0.05, 0.1) is 0 Å². The highest BCUT2D eigenvalue weighted by Gasteiger charge is 2.20. The van der Waals surface area contributed by atoms with Crippen molar-refractivity contribution in [3.63, 3.8) is 0 Å². The van der Waals surface area contributed by atoms with Gasteiger partial charge in [-0.3, -0.25) is 0 Å². The van der Waals surface area contributed by atoms with Gasteiger partial charge in [-0.1, -0.05) is 43.9 Å². The molecule has 1 saturated carbocycles. The van der Waals surface area contributed by atoms with Crippen LogP contribution in [0.4, 0.5) is 4.39 Å². The van der Waals surface area contributed by atoms with E-state index in [9.17, 15) is 4.39 Å². The third kappa shape index (κ3) is 3.53. The Balaban J connectivity index is 1.95. The molecule has 0 saturated heterocycles. The first-order valence-electron chi connectivity index (χ1n) is 6.76. The van der Waals surface area contributed by atoms with Crippen molar-refractivity contribution in [2.75, 3.05) is 0 Å². The summed E-state index contributed by atoms with van der Waals surface area (Å²) < 4.78 is 13.5. The van der Waals surface area contributed by atoms with E-state index in [1.165, 1.54) is 44.6 Å². The summed E-state index contributed by atoms with van der Waals surface area (Å²) in [5.74, 6) is 0.466. The number of rotatable bonds is 3. The van der Waals surface area contributed by atoms with Gasteiger partial charge in [-0.05, 0) is 36.8 Å². The molecule has 0 amide bonds. The Morgan fingerprint density at radius 1 is 1.12 bits per heavy atom. The van der Waals surface area contributed by atoms with Gasteiger partial charge in [0, 0.05) is 6.04 Å². The fourth-order valence-corrected chi connectivity index (χ4v) is 2.82. The Labute approximate surface area is 103 Å². The van der Waals surface area contributed by atoms with E-state index >= 15 is 0 Å². The topological polar surface area (TPSA) is 26.0 Å². The van der Waals surface area contributed by atoms with Crippen molar-refractivity contribution >= 4 is 0 Å². The molecule has 1 aromatic rings. The van der Waals surface area contributed by atoms with Gasteiger partial charge in [0.2, 0.25) is 0 Å². The molecule has 0 aliphatic heterocycles. The summed E-state index contributed by atoms with van der Waals surface area (Å²) in [6, 6.07) is 7.11. The molecule has 94 valence electrons. The highest BCUT2D eigenvalue weighted by Crippen LogP contribution is 2.26. The lowest BCUT2D eigenvalue weighted by Crippen LogP contribution is -2.32.